The number of benzene rings is 1. The van der Waals surface area contributed by atoms with Crippen molar-refractivity contribution in [3.8, 4) is 5.69 Å². The van der Waals surface area contributed by atoms with Crippen LogP contribution < -0.4 is 11.4 Å². The number of piperidine rings is 1. The van der Waals surface area contributed by atoms with Crippen LogP contribution in [0.2, 0.25) is 0 Å². The highest BCUT2D eigenvalue weighted by Crippen LogP contribution is 2.39. The Balaban J connectivity index is 0.00000492. The van der Waals surface area contributed by atoms with Gasteiger partial charge in [-0.3, -0.25) is 19.2 Å². The number of Topliss-reactive ketones (excluding diaryl/α,β-unsaturated/α-hetero) is 3. The fraction of sp³-hybridized carbons (Fsp3) is 0.678. The highest BCUT2D eigenvalue weighted by atomic mass is 16.6. The van der Waals surface area contributed by atoms with Crippen LogP contribution in [-0.4, -0.2) is 145 Å². The van der Waals surface area contributed by atoms with Gasteiger partial charge in [0, 0.05) is 45.4 Å². The molecule has 1 saturated carbocycles. The number of fused-ring (bicyclic) bond motifs is 12. The Kier molecular flexibility index (Phi) is 20.7. The van der Waals surface area contributed by atoms with E-state index in [0.717, 1.165) is 9.47 Å². The summed E-state index contributed by atoms with van der Waals surface area (Å²) in [6.07, 6.45) is 2.55. The number of rotatable bonds is 3. The lowest BCUT2D eigenvalue weighted by atomic mass is 9.78. The van der Waals surface area contributed by atoms with Crippen LogP contribution in [0.15, 0.2) is 75.4 Å². The Hall–Kier alpha value is -5.15. The maximum Gasteiger partial charge on any atom is 0.352 e. The van der Waals surface area contributed by atoms with Crippen molar-refractivity contribution in [1.82, 2.24) is 18.8 Å². The van der Waals surface area contributed by atoms with Crippen molar-refractivity contribution in [1.29, 1.82) is 0 Å². The summed E-state index contributed by atoms with van der Waals surface area (Å²) in [5.74, 6) is -8.89. The molecule has 7 aliphatic rings. The maximum atomic E-state index is 14.6. The molecule has 12 unspecified atom stereocenters. The molecule has 4 fully saturated rings. The van der Waals surface area contributed by atoms with Gasteiger partial charge in [-0.05, 0) is 125 Å². The number of allylic oxidation sites excluding steroid dienone is 3. The van der Waals surface area contributed by atoms with Crippen molar-refractivity contribution in [2.45, 2.75) is 206 Å². The van der Waals surface area contributed by atoms with Crippen molar-refractivity contribution in [2.24, 2.45) is 29.6 Å². The smallest absolute Gasteiger partial charge is 0.352 e. The molecule has 6 aliphatic heterocycles. The van der Waals surface area contributed by atoms with E-state index in [9.17, 15) is 48.9 Å². The van der Waals surface area contributed by atoms with Crippen LogP contribution in [0.25, 0.3) is 5.69 Å². The Morgan fingerprint density at radius 3 is 2.13 bits per heavy atom. The van der Waals surface area contributed by atoms with E-state index in [0.29, 0.717) is 62.6 Å². The molecule has 9 rings (SSSR count). The quantitative estimate of drug-likeness (QED) is 0.183. The predicted molar refractivity (Wildman–Crippen MR) is 291 cm³/mol. The second kappa shape index (κ2) is 26.0. The molecule has 0 radical (unpaired) electrons. The number of hydrogen-bond acceptors (Lipinski definition) is 15. The van der Waals surface area contributed by atoms with Crippen molar-refractivity contribution in [3.05, 3.63) is 86.8 Å². The number of ether oxygens (including phenoxy) is 5. The standard InChI is InChI=1S/C57H78N4O15.2CH4/c1-31-24-34(4)49(64)51(73-8)50(65)35(5)27-47-44(63)30-46(32(2)25-37-18-22-43(62)48(28-37)74-47)75-54(68)42-16-12-13-23-58(42)53(67)52(66)57(71)36(6)17-20-40(76-57)29-45(72-7)33(3)26-39-19-21-41(31)61-56(70)59(55(69)60(39)61)38-14-10-9-11-15-38;;/h9-11,14-15,19,21,26-27,31-32,34,36-37,39-43,45-48,50-51,62,65,71H,12-13,16-18,20,22-25,28-30H2,1-8H3;2*1H4/b33-26?,35-27-;;/t31?,32?,34-,36-,37?,39?,40?,41?,42+,43?,45?,46?,47?,48?,50-,51?,57-;;/m1../s1. The summed E-state index contributed by atoms with van der Waals surface area (Å²) in [6.45, 7) is 10.5. The van der Waals surface area contributed by atoms with Gasteiger partial charge in [-0.15, -0.1) is 0 Å². The zero-order chi connectivity index (χ0) is 54.9. The van der Waals surface area contributed by atoms with Gasteiger partial charge in [-0.25, -0.2) is 28.3 Å². The third-order valence-electron chi connectivity index (χ3n) is 17.3. The van der Waals surface area contributed by atoms with Gasteiger partial charge in [-0.2, -0.15) is 0 Å². The van der Waals surface area contributed by atoms with E-state index in [2.05, 4.69) is 0 Å². The number of esters is 1. The van der Waals surface area contributed by atoms with Crippen LogP contribution >= 0.6 is 0 Å². The topological polar surface area (TPSA) is 244 Å². The van der Waals surface area contributed by atoms with E-state index < -0.39 is 131 Å². The minimum Gasteiger partial charge on any atom is -0.460 e. The molecule has 1 aromatic heterocycles. The van der Waals surface area contributed by atoms with Crippen molar-refractivity contribution in [3.63, 3.8) is 0 Å². The molecule has 17 atom stereocenters. The van der Waals surface area contributed by atoms with E-state index in [4.69, 9.17) is 23.7 Å². The predicted octanol–water partition coefficient (Wildman–Crippen LogP) is 5.92. The average Bonchev–Trinajstić information content (AvgIpc) is 3.77. The number of aliphatic hydroxyl groups is 3. The normalized spacial score (nSPS) is 37.4. The van der Waals surface area contributed by atoms with Crippen LogP contribution in [0.4, 0.5) is 0 Å². The number of nitrogens with zero attached hydrogens (tertiary/aromatic N) is 4. The van der Waals surface area contributed by atoms with Crippen LogP contribution in [0.1, 0.15) is 146 Å². The third kappa shape index (κ3) is 12.6. The van der Waals surface area contributed by atoms with Crippen molar-refractivity contribution in [2.75, 3.05) is 20.8 Å². The number of carbonyl (C=O) groups excluding carboxylic acids is 5. The van der Waals surface area contributed by atoms with Gasteiger partial charge in [0.1, 0.15) is 30.5 Å². The molecular weight excluding hydrogens is 1000 g/mol. The van der Waals surface area contributed by atoms with Gasteiger partial charge in [0.25, 0.3) is 11.7 Å². The minimum absolute atomic E-state index is 0. The summed E-state index contributed by atoms with van der Waals surface area (Å²) in [5.41, 5.74) is -0.00318. The van der Waals surface area contributed by atoms with Gasteiger partial charge < -0.3 is 43.9 Å². The Labute approximate surface area is 458 Å². The van der Waals surface area contributed by atoms with E-state index >= 15 is 0 Å². The zero-order valence-electron chi connectivity index (χ0n) is 45.2. The summed E-state index contributed by atoms with van der Waals surface area (Å²) < 4.78 is 34.5. The van der Waals surface area contributed by atoms with Gasteiger partial charge in [0.05, 0.1) is 42.2 Å². The Morgan fingerprint density at radius 1 is 0.731 bits per heavy atom. The van der Waals surface area contributed by atoms with Crippen LogP contribution in [0.3, 0.4) is 0 Å². The molecule has 3 saturated heterocycles. The summed E-state index contributed by atoms with van der Waals surface area (Å²) in [7, 11) is 2.81. The molecule has 3 N–H and O–H groups in total. The largest absolute Gasteiger partial charge is 0.460 e. The van der Waals surface area contributed by atoms with E-state index in [-0.39, 0.29) is 64.5 Å². The maximum absolute atomic E-state index is 14.6. The summed E-state index contributed by atoms with van der Waals surface area (Å²) in [6, 6.07) is 5.85. The van der Waals surface area contributed by atoms with Crippen molar-refractivity contribution < 1.29 is 63.0 Å². The number of aliphatic hydroxyl groups excluding tert-OH is 2. The summed E-state index contributed by atoms with van der Waals surface area (Å²) in [4.78, 5) is 103. The number of carbonyl (C=O) groups is 5. The lowest BCUT2D eigenvalue weighted by molar-refractivity contribution is -0.265. The van der Waals surface area contributed by atoms with Crippen LogP contribution in [0.5, 0.6) is 0 Å². The molecule has 0 spiro atoms. The first-order valence-electron chi connectivity index (χ1n) is 27.3. The minimum atomic E-state index is -2.55. The van der Waals surface area contributed by atoms with Crippen LogP contribution in [0, 0.1) is 29.6 Å². The fourth-order valence-corrected chi connectivity index (χ4v) is 12.7. The molecule has 1 aromatic carbocycles. The molecule has 1 amide bonds. The summed E-state index contributed by atoms with van der Waals surface area (Å²) >= 11 is 0. The monoisotopic (exact) mass is 1090 g/mol. The molecule has 432 valence electrons. The Morgan fingerprint density at radius 2 is 1.44 bits per heavy atom. The highest BCUT2D eigenvalue weighted by molar-refractivity contribution is 6.39. The van der Waals surface area contributed by atoms with Crippen molar-refractivity contribution >= 4 is 29.2 Å². The second-order valence-electron chi connectivity index (χ2n) is 22.6. The van der Waals surface area contributed by atoms with Gasteiger partial charge in [0.15, 0.2) is 11.6 Å². The first-order valence-corrected chi connectivity index (χ1v) is 27.3. The summed E-state index contributed by atoms with van der Waals surface area (Å²) in [5, 5.41) is 35.2. The lowest BCUT2D eigenvalue weighted by Crippen LogP contribution is -2.61. The molecule has 8 bridgehead atoms. The zero-order valence-corrected chi connectivity index (χ0v) is 45.2. The SMILES string of the molecule is C.C.COC1CC2CC[C@@H](C)[C@@](O)(O2)C(=O)C(=O)N2CCCC[C@H]2C(=O)OC2CC(=O)C(/C=C(/C)[C@@H](O)C(OC)C(=O)[C@H](C)CC(C)C3C=CC(C=C1C)n1c(=O)n(-c4ccccc4)c(=O)n13)OC1CC(CCC1O)CC2C. The first kappa shape index (κ1) is 62.1. The molecular formula is C59H86N4O15. The molecule has 1 aliphatic carbocycles. The lowest BCUT2D eigenvalue weighted by Gasteiger charge is -2.43. The average molecular weight is 1090 g/mol. The van der Waals surface area contributed by atoms with E-state index in [1.807, 2.05) is 32.9 Å². The Bertz CT molecular complexity index is 2690. The third-order valence-corrected chi connectivity index (χ3v) is 17.3. The van der Waals surface area contributed by atoms with Crippen LogP contribution in [-0.2, 0) is 47.7 Å². The number of aromatic nitrogens is 3. The van der Waals surface area contributed by atoms with Gasteiger partial charge in [0.2, 0.25) is 5.79 Å². The first-order chi connectivity index (χ1) is 36.2. The number of para-hydroxylation sites is 1. The van der Waals surface area contributed by atoms with E-state index in [1.165, 1.54) is 29.7 Å². The number of hydrogen-bond donors (Lipinski definition) is 3. The number of methoxy groups -OCH3 is 2. The number of amides is 1. The van der Waals surface area contributed by atoms with Gasteiger partial charge in [-0.1, -0.05) is 79.0 Å². The molecule has 7 heterocycles. The molecule has 2 aromatic rings. The molecule has 78 heavy (non-hydrogen) atoms. The fourth-order valence-electron chi connectivity index (χ4n) is 12.7. The second-order valence-corrected chi connectivity index (χ2v) is 22.6. The molecule has 19 nitrogen and oxygen atoms in total. The number of ketones is 3. The molecule has 19 heteroatoms. The van der Waals surface area contributed by atoms with E-state index in [1.54, 1.807) is 57.2 Å². The highest BCUT2D eigenvalue weighted by Gasteiger charge is 2.53. The van der Waals surface area contributed by atoms with Gasteiger partial charge >= 0.3 is 17.3 Å².